The van der Waals surface area contributed by atoms with Gasteiger partial charge in [0.2, 0.25) is 11.8 Å². The molecule has 2 aromatic carbocycles. The predicted molar refractivity (Wildman–Crippen MR) is 97.8 cm³/mol. The molecule has 134 valence electrons. The second-order valence-corrected chi connectivity index (χ2v) is 6.65. The molecule has 0 bridgehead atoms. The first-order valence-electron chi connectivity index (χ1n) is 8.67. The fraction of sp³-hybridized carbons (Fsp3) is 0.286. The zero-order valence-electron chi connectivity index (χ0n) is 14.9. The van der Waals surface area contributed by atoms with Crippen molar-refractivity contribution >= 4 is 23.5 Å². The molecule has 3 rings (SSSR count). The second kappa shape index (κ2) is 7.52. The molecule has 1 aliphatic heterocycles. The van der Waals surface area contributed by atoms with Crippen LogP contribution in [0.15, 0.2) is 48.5 Å². The van der Waals surface area contributed by atoms with Gasteiger partial charge >= 0.3 is 5.97 Å². The standard InChI is InChI=1S/C21H21NO4/c1-14(2)16-8-6-15(7-9-16)13-26-21(25)17-4-3-5-18(12-17)22-19(23)10-11-20(22)24/h3-9,12,14H,10-11,13H2,1-2H3. The largest absolute Gasteiger partial charge is 0.457 e. The van der Waals surface area contributed by atoms with Crippen LogP contribution in [-0.4, -0.2) is 17.8 Å². The number of hydrogen-bond donors (Lipinski definition) is 0. The minimum absolute atomic E-state index is 0.170. The summed E-state index contributed by atoms with van der Waals surface area (Å²) in [7, 11) is 0. The van der Waals surface area contributed by atoms with Gasteiger partial charge in [0.25, 0.3) is 0 Å². The molecule has 5 heteroatoms. The van der Waals surface area contributed by atoms with Gasteiger partial charge in [0.1, 0.15) is 6.61 Å². The van der Waals surface area contributed by atoms with E-state index in [-0.39, 0.29) is 31.3 Å². The lowest BCUT2D eigenvalue weighted by Gasteiger charge is -2.14. The first-order chi connectivity index (χ1) is 12.5. The number of amides is 2. The minimum Gasteiger partial charge on any atom is -0.457 e. The van der Waals surface area contributed by atoms with Crippen LogP contribution in [0.2, 0.25) is 0 Å². The van der Waals surface area contributed by atoms with Crippen molar-refractivity contribution in [2.45, 2.75) is 39.2 Å². The van der Waals surface area contributed by atoms with E-state index in [4.69, 9.17) is 4.74 Å². The summed E-state index contributed by atoms with van der Waals surface area (Å²) in [6.07, 6.45) is 0.416. The van der Waals surface area contributed by atoms with Gasteiger partial charge in [-0.2, -0.15) is 0 Å². The van der Waals surface area contributed by atoms with Crippen LogP contribution >= 0.6 is 0 Å². The number of nitrogens with zero attached hydrogens (tertiary/aromatic N) is 1. The van der Waals surface area contributed by atoms with E-state index in [2.05, 4.69) is 13.8 Å². The van der Waals surface area contributed by atoms with E-state index in [9.17, 15) is 14.4 Å². The molecule has 0 aliphatic carbocycles. The number of benzene rings is 2. The Balaban J connectivity index is 1.67. The van der Waals surface area contributed by atoms with Gasteiger partial charge in [0.05, 0.1) is 11.3 Å². The number of carbonyl (C=O) groups is 3. The molecule has 0 unspecified atom stereocenters. The first-order valence-corrected chi connectivity index (χ1v) is 8.67. The average Bonchev–Trinajstić information content (AvgIpc) is 2.98. The van der Waals surface area contributed by atoms with E-state index < -0.39 is 5.97 Å². The molecule has 5 nitrogen and oxygen atoms in total. The molecule has 1 aliphatic rings. The van der Waals surface area contributed by atoms with Gasteiger partial charge in [0.15, 0.2) is 0 Å². The van der Waals surface area contributed by atoms with Crippen molar-refractivity contribution in [3.63, 3.8) is 0 Å². The molecular formula is C21H21NO4. The highest BCUT2D eigenvalue weighted by atomic mass is 16.5. The van der Waals surface area contributed by atoms with E-state index in [1.165, 1.54) is 11.6 Å². The Morgan fingerprint density at radius 2 is 1.69 bits per heavy atom. The second-order valence-electron chi connectivity index (χ2n) is 6.65. The Hall–Kier alpha value is -2.95. The van der Waals surface area contributed by atoms with E-state index in [1.54, 1.807) is 18.2 Å². The van der Waals surface area contributed by atoms with Crippen LogP contribution in [0.1, 0.15) is 54.1 Å². The summed E-state index contributed by atoms with van der Waals surface area (Å²) in [6, 6.07) is 14.4. The summed E-state index contributed by atoms with van der Waals surface area (Å²) in [5, 5.41) is 0. The van der Waals surface area contributed by atoms with Gasteiger partial charge in [-0.15, -0.1) is 0 Å². The van der Waals surface area contributed by atoms with Crippen molar-refractivity contribution in [1.82, 2.24) is 0 Å². The van der Waals surface area contributed by atoms with Crippen LogP contribution in [0.3, 0.4) is 0 Å². The molecule has 1 fully saturated rings. The zero-order valence-corrected chi connectivity index (χ0v) is 14.9. The highest BCUT2D eigenvalue weighted by Crippen LogP contribution is 2.24. The predicted octanol–water partition coefficient (Wildman–Crippen LogP) is 3.82. The number of anilines is 1. The number of esters is 1. The highest BCUT2D eigenvalue weighted by Gasteiger charge is 2.30. The Kier molecular flexibility index (Phi) is 5.16. The fourth-order valence-electron chi connectivity index (χ4n) is 2.87. The van der Waals surface area contributed by atoms with Crippen LogP contribution in [0.5, 0.6) is 0 Å². The zero-order chi connectivity index (χ0) is 18.7. The molecule has 0 atom stereocenters. The van der Waals surface area contributed by atoms with Crippen molar-refractivity contribution in [3.05, 3.63) is 65.2 Å². The number of hydrogen-bond acceptors (Lipinski definition) is 4. The SMILES string of the molecule is CC(C)c1ccc(COC(=O)c2cccc(N3C(=O)CCC3=O)c2)cc1. The molecule has 0 spiro atoms. The molecule has 2 amide bonds. The van der Waals surface area contributed by atoms with Crippen molar-refractivity contribution in [1.29, 1.82) is 0 Å². The molecule has 1 saturated heterocycles. The van der Waals surface area contributed by atoms with Gasteiger partial charge in [0, 0.05) is 12.8 Å². The molecule has 2 aromatic rings. The van der Waals surface area contributed by atoms with Crippen LogP contribution < -0.4 is 4.90 Å². The van der Waals surface area contributed by atoms with Crippen molar-refractivity contribution in [3.8, 4) is 0 Å². The van der Waals surface area contributed by atoms with Crippen molar-refractivity contribution < 1.29 is 19.1 Å². The van der Waals surface area contributed by atoms with Crippen LogP contribution in [0.4, 0.5) is 5.69 Å². The lowest BCUT2D eigenvalue weighted by Crippen LogP contribution is -2.28. The summed E-state index contributed by atoms with van der Waals surface area (Å²) < 4.78 is 5.36. The Labute approximate surface area is 152 Å². The first kappa shape index (κ1) is 17.9. The van der Waals surface area contributed by atoms with Gasteiger partial charge in [-0.1, -0.05) is 44.2 Å². The maximum Gasteiger partial charge on any atom is 0.338 e. The number of carbonyl (C=O) groups excluding carboxylic acids is 3. The van der Waals surface area contributed by atoms with E-state index in [0.717, 1.165) is 10.5 Å². The molecule has 0 aromatic heterocycles. The summed E-state index contributed by atoms with van der Waals surface area (Å²) >= 11 is 0. The summed E-state index contributed by atoms with van der Waals surface area (Å²) in [5.74, 6) is -0.527. The van der Waals surface area contributed by atoms with Gasteiger partial charge < -0.3 is 4.74 Å². The van der Waals surface area contributed by atoms with Crippen molar-refractivity contribution in [2.24, 2.45) is 0 Å². The Bertz CT molecular complexity index is 823. The topological polar surface area (TPSA) is 63.7 Å². The third-order valence-electron chi connectivity index (χ3n) is 4.41. The van der Waals surface area contributed by atoms with Gasteiger partial charge in [-0.25, -0.2) is 4.79 Å². The average molecular weight is 351 g/mol. The van der Waals surface area contributed by atoms with Crippen LogP contribution in [-0.2, 0) is 20.9 Å². The summed E-state index contributed by atoms with van der Waals surface area (Å²) in [4.78, 5) is 37.1. The monoisotopic (exact) mass is 351 g/mol. The van der Waals surface area contributed by atoms with Gasteiger partial charge in [-0.3, -0.25) is 14.5 Å². The van der Waals surface area contributed by atoms with Crippen LogP contribution in [0, 0.1) is 0 Å². The lowest BCUT2D eigenvalue weighted by atomic mass is 10.0. The van der Waals surface area contributed by atoms with E-state index in [0.29, 0.717) is 17.2 Å². The molecule has 0 N–H and O–H groups in total. The molecule has 0 radical (unpaired) electrons. The fourth-order valence-corrected chi connectivity index (χ4v) is 2.87. The summed E-state index contributed by atoms with van der Waals surface area (Å²) in [6.45, 7) is 4.42. The van der Waals surface area contributed by atoms with E-state index >= 15 is 0 Å². The maximum atomic E-state index is 12.3. The Morgan fingerprint density at radius 3 is 2.31 bits per heavy atom. The highest BCUT2D eigenvalue weighted by molar-refractivity contribution is 6.20. The quantitative estimate of drug-likeness (QED) is 0.607. The minimum atomic E-state index is -0.487. The molecule has 26 heavy (non-hydrogen) atoms. The number of imide groups is 1. The smallest absolute Gasteiger partial charge is 0.338 e. The summed E-state index contributed by atoms with van der Waals surface area (Å²) in [5.41, 5.74) is 2.86. The lowest BCUT2D eigenvalue weighted by molar-refractivity contribution is -0.121. The maximum absolute atomic E-state index is 12.3. The van der Waals surface area contributed by atoms with Crippen molar-refractivity contribution in [2.75, 3.05) is 4.90 Å². The number of rotatable bonds is 5. The normalized spacial score (nSPS) is 14.2. The third kappa shape index (κ3) is 3.82. The molecular weight excluding hydrogens is 330 g/mol. The van der Waals surface area contributed by atoms with E-state index in [1.807, 2.05) is 24.3 Å². The number of ether oxygens (including phenoxy) is 1. The molecule has 1 heterocycles. The van der Waals surface area contributed by atoms with Gasteiger partial charge in [-0.05, 0) is 35.2 Å². The Morgan fingerprint density at radius 1 is 1.04 bits per heavy atom. The third-order valence-corrected chi connectivity index (χ3v) is 4.41. The van der Waals surface area contributed by atoms with Crippen LogP contribution in [0.25, 0.3) is 0 Å². The molecule has 0 saturated carbocycles.